The summed E-state index contributed by atoms with van der Waals surface area (Å²) >= 11 is 0. The molecule has 1 heterocycles. The van der Waals surface area contributed by atoms with Crippen molar-refractivity contribution in [3.8, 4) is 11.4 Å². The Bertz CT molecular complexity index is 871. The van der Waals surface area contributed by atoms with E-state index in [1.807, 2.05) is 6.92 Å². The van der Waals surface area contributed by atoms with Crippen molar-refractivity contribution >= 4 is 12.1 Å². The Morgan fingerprint density at radius 1 is 1.21 bits per heavy atom. The van der Waals surface area contributed by atoms with Crippen molar-refractivity contribution in [1.82, 2.24) is 14.9 Å². The summed E-state index contributed by atoms with van der Waals surface area (Å²) in [6.45, 7) is 1.78. The van der Waals surface area contributed by atoms with E-state index in [2.05, 4.69) is 9.97 Å². The summed E-state index contributed by atoms with van der Waals surface area (Å²) in [6.07, 6.45) is 0.00556. The van der Waals surface area contributed by atoms with Gasteiger partial charge in [0.2, 0.25) is 0 Å². The van der Waals surface area contributed by atoms with Gasteiger partial charge >= 0.3 is 0 Å². The molecule has 156 valence electrons. The third-order valence-corrected chi connectivity index (χ3v) is 4.11. The third-order valence-electron chi connectivity index (χ3n) is 4.11. The highest BCUT2D eigenvalue weighted by Gasteiger charge is 2.18. The zero-order valence-electron chi connectivity index (χ0n) is 15.9. The Morgan fingerprint density at radius 3 is 2.41 bits per heavy atom. The Labute approximate surface area is 165 Å². The number of benzene rings is 1. The van der Waals surface area contributed by atoms with Gasteiger partial charge in [0.25, 0.3) is 6.43 Å². The molecule has 0 aliphatic carbocycles. The van der Waals surface area contributed by atoms with E-state index in [9.17, 15) is 26.7 Å². The van der Waals surface area contributed by atoms with Crippen molar-refractivity contribution in [3.05, 3.63) is 53.2 Å². The fourth-order valence-electron chi connectivity index (χ4n) is 2.69. The first-order valence-corrected chi connectivity index (χ1v) is 8.88. The second kappa shape index (κ2) is 10.1. The Hall–Kier alpha value is -2.84. The highest BCUT2D eigenvalue weighted by atomic mass is 19.3. The lowest BCUT2D eigenvalue weighted by molar-refractivity contribution is 0.112. The standard InChI is InChI=1S/C20H20F5N3O/c1-3-4-14(21)9-28(2)10-18(23)15-6-16(17(22)5-12(15)11-29)20-26-7-13(8-27-20)19(24)25/h5-8,10-11,14,19H,3-4,9H2,1-2H3/b18-10+. The molecule has 1 aromatic heterocycles. The largest absolute Gasteiger partial charge is 0.375 e. The van der Waals surface area contributed by atoms with Gasteiger partial charge in [0.1, 0.15) is 17.8 Å². The van der Waals surface area contributed by atoms with Gasteiger partial charge in [0, 0.05) is 43.3 Å². The molecule has 0 amide bonds. The van der Waals surface area contributed by atoms with Crippen LogP contribution in [0.2, 0.25) is 0 Å². The minimum atomic E-state index is -2.79. The molecule has 29 heavy (non-hydrogen) atoms. The molecule has 0 saturated heterocycles. The molecular weight excluding hydrogens is 393 g/mol. The molecule has 4 nitrogen and oxygen atoms in total. The van der Waals surface area contributed by atoms with E-state index >= 15 is 0 Å². The SMILES string of the molecule is CCCC(F)CN(C)/C=C(/F)c1cc(-c2ncc(C(F)F)cn2)c(F)cc1C=O. The number of aromatic nitrogens is 2. The molecule has 9 heteroatoms. The number of alkyl halides is 3. The first-order valence-electron chi connectivity index (χ1n) is 8.88. The van der Waals surface area contributed by atoms with Crippen LogP contribution in [0.25, 0.3) is 17.2 Å². The van der Waals surface area contributed by atoms with Crippen LogP contribution in [-0.2, 0) is 0 Å². The highest BCUT2D eigenvalue weighted by Crippen LogP contribution is 2.29. The van der Waals surface area contributed by atoms with Crippen LogP contribution in [0.3, 0.4) is 0 Å². The average molecular weight is 413 g/mol. The Balaban J connectivity index is 2.39. The van der Waals surface area contributed by atoms with Crippen LogP contribution in [0.5, 0.6) is 0 Å². The molecule has 1 atom stereocenters. The molecule has 0 aliphatic heterocycles. The van der Waals surface area contributed by atoms with Crippen molar-refractivity contribution in [1.29, 1.82) is 0 Å². The lowest BCUT2D eigenvalue weighted by Crippen LogP contribution is -2.22. The fourth-order valence-corrected chi connectivity index (χ4v) is 2.69. The van der Waals surface area contributed by atoms with Crippen LogP contribution < -0.4 is 0 Å². The molecule has 0 saturated carbocycles. The number of hydrogen-bond acceptors (Lipinski definition) is 4. The van der Waals surface area contributed by atoms with Crippen molar-refractivity contribution < 1.29 is 26.7 Å². The Morgan fingerprint density at radius 2 is 1.86 bits per heavy atom. The fraction of sp³-hybridized carbons (Fsp3) is 0.350. The second-order valence-corrected chi connectivity index (χ2v) is 6.48. The minimum absolute atomic E-state index is 0.0517. The molecule has 0 bridgehead atoms. The molecule has 0 spiro atoms. The number of halogens is 5. The van der Waals surface area contributed by atoms with Gasteiger partial charge in [-0.05, 0) is 18.6 Å². The topological polar surface area (TPSA) is 46.1 Å². The van der Waals surface area contributed by atoms with Crippen LogP contribution >= 0.6 is 0 Å². The number of aldehydes is 1. The van der Waals surface area contributed by atoms with Gasteiger partial charge in [-0.2, -0.15) is 0 Å². The van der Waals surface area contributed by atoms with E-state index in [1.54, 1.807) is 0 Å². The first-order chi connectivity index (χ1) is 13.8. The van der Waals surface area contributed by atoms with Gasteiger partial charge in [-0.15, -0.1) is 0 Å². The zero-order valence-corrected chi connectivity index (χ0v) is 15.9. The lowest BCUT2D eigenvalue weighted by atomic mass is 10.0. The van der Waals surface area contributed by atoms with Crippen LogP contribution in [0.4, 0.5) is 22.0 Å². The molecule has 0 fully saturated rings. The molecule has 2 aromatic rings. The molecular formula is C20H20F5N3O. The van der Waals surface area contributed by atoms with Crippen molar-refractivity contribution in [3.63, 3.8) is 0 Å². The predicted octanol–water partition coefficient (Wildman–Crippen LogP) is 5.37. The zero-order chi connectivity index (χ0) is 21.6. The maximum atomic E-state index is 14.7. The van der Waals surface area contributed by atoms with E-state index in [1.165, 1.54) is 11.9 Å². The number of nitrogens with zero attached hydrogens (tertiary/aromatic N) is 3. The number of hydrogen-bond donors (Lipinski definition) is 0. The Kier molecular flexibility index (Phi) is 7.81. The number of carbonyl (C=O) groups excluding carboxylic acids is 1. The van der Waals surface area contributed by atoms with Gasteiger partial charge in [-0.3, -0.25) is 4.79 Å². The van der Waals surface area contributed by atoms with Crippen LogP contribution in [0.1, 0.15) is 47.7 Å². The summed E-state index contributed by atoms with van der Waals surface area (Å²) in [5, 5.41) is 0. The summed E-state index contributed by atoms with van der Waals surface area (Å²) in [5.74, 6) is -2.03. The molecule has 1 unspecified atom stereocenters. The monoisotopic (exact) mass is 413 g/mol. The third kappa shape index (κ3) is 5.82. The summed E-state index contributed by atoms with van der Waals surface area (Å²) in [6, 6.07) is 1.83. The van der Waals surface area contributed by atoms with E-state index < -0.39 is 29.8 Å². The van der Waals surface area contributed by atoms with Gasteiger partial charge < -0.3 is 4.90 Å². The van der Waals surface area contributed by atoms with Gasteiger partial charge in [0.05, 0.1) is 11.1 Å². The summed E-state index contributed by atoms with van der Waals surface area (Å²) in [5.41, 5.74) is -1.20. The molecule has 0 N–H and O–H groups in total. The second-order valence-electron chi connectivity index (χ2n) is 6.48. The van der Waals surface area contributed by atoms with E-state index in [0.29, 0.717) is 12.8 Å². The predicted molar refractivity (Wildman–Crippen MR) is 99.3 cm³/mol. The van der Waals surface area contributed by atoms with Crippen molar-refractivity contribution in [2.45, 2.75) is 32.4 Å². The lowest BCUT2D eigenvalue weighted by Gasteiger charge is -2.17. The molecule has 1 aromatic carbocycles. The smallest absolute Gasteiger partial charge is 0.266 e. The number of rotatable bonds is 9. The minimum Gasteiger partial charge on any atom is -0.375 e. The highest BCUT2D eigenvalue weighted by molar-refractivity contribution is 5.86. The quantitative estimate of drug-likeness (QED) is 0.410. The summed E-state index contributed by atoms with van der Waals surface area (Å²) < 4.78 is 68.1. The van der Waals surface area contributed by atoms with E-state index in [4.69, 9.17) is 0 Å². The van der Waals surface area contributed by atoms with Crippen LogP contribution in [-0.4, -0.2) is 40.9 Å². The molecule has 0 aliphatic rings. The van der Waals surface area contributed by atoms with Crippen LogP contribution in [0.15, 0.2) is 30.7 Å². The maximum Gasteiger partial charge on any atom is 0.266 e. The van der Waals surface area contributed by atoms with Crippen molar-refractivity contribution in [2.24, 2.45) is 0 Å². The van der Waals surface area contributed by atoms with Gasteiger partial charge in [0.15, 0.2) is 12.1 Å². The number of carbonyl (C=O) groups is 1. The van der Waals surface area contributed by atoms with Gasteiger partial charge in [-0.1, -0.05) is 13.3 Å². The van der Waals surface area contributed by atoms with Crippen LogP contribution in [0, 0.1) is 5.82 Å². The summed E-state index contributed by atoms with van der Waals surface area (Å²) in [7, 11) is 1.47. The normalized spacial score (nSPS) is 12.9. The summed E-state index contributed by atoms with van der Waals surface area (Å²) in [4.78, 5) is 19.9. The van der Waals surface area contributed by atoms with Crippen molar-refractivity contribution in [2.75, 3.05) is 13.6 Å². The first kappa shape index (κ1) is 22.4. The average Bonchev–Trinajstić information content (AvgIpc) is 2.67. The molecule has 0 radical (unpaired) electrons. The molecule has 2 rings (SSSR count). The van der Waals surface area contributed by atoms with E-state index in [-0.39, 0.29) is 35.3 Å². The maximum absolute atomic E-state index is 14.7. The van der Waals surface area contributed by atoms with E-state index in [0.717, 1.165) is 30.7 Å². The van der Waals surface area contributed by atoms with Gasteiger partial charge in [-0.25, -0.2) is 31.9 Å².